The van der Waals surface area contributed by atoms with Crippen LogP contribution in [0.15, 0.2) is 170 Å². The zero-order valence-electron chi connectivity index (χ0n) is 24.2. The number of fused-ring (bicyclic) bond motifs is 1. The number of hydrogen-bond acceptors (Lipinski definition) is 2. The van der Waals surface area contributed by atoms with Crippen molar-refractivity contribution in [2.24, 2.45) is 0 Å². The standard InChI is InChI=1S/C41H31N2P/c42-40(32-25-27-36(28-26-32)44(34-20-9-3-10-21-34)35-22-11-4-12-23-35)39(31-17-7-2-8-18-31)41-37-24-14-13-19-33(37)29-38(43-41)30-15-5-1-6-16-30/h1-29,42-43H/b41-39-,42-40?. The first-order valence-electron chi connectivity index (χ1n) is 14.8. The van der Waals surface area contributed by atoms with E-state index in [0.29, 0.717) is 5.71 Å². The lowest BCUT2D eigenvalue weighted by Gasteiger charge is -2.26. The minimum atomic E-state index is -0.718. The summed E-state index contributed by atoms with van der Waals surface area (Å²) in [5, 5.41) is 17.3. The number of allylic oxidation sites excluding steroid dienone is 1. The third kappa shape index (κ3) is 5.56. The second-order valence-electron chi connectivity index (χ2n) is 10.7. The highest BCUT2D eigenvalue weighted by atomic mass is 31.1. The summed E-state index contributed by atoms with van der Waals surface area (Å²) in [6.07, 6.45) is 2.20. The maximum Gasteiger partial charge on any atom is 0.0711 e. The van der Waals surface area contributed by atoms with Gasteiger partial charge in [-0.05, 0) is 46.6 Å². The first-order chi connectivity index (χ1) is 21.8. The molecular formula is C41H31N2P. The highest BCUT2D eigenvalue weighted by Crippen LogP contribution is 2.37. The highest BCUT2D eigenvalue weighted by molar-refractivity contribution is 7.79. The monoisotopic (exact) mass is 582 g/mol. The van der Waals surface area contributed by atoms with E-state index in [4.69, 9.17) is 0 Å². The molecule has 210 valence electrons. The van der Waals surface area contributed by atoms with Crippen molar-refractivity contribution >= 4 is 52.6 Å². The predicted molar refractivity (Wildman–Crippen MR) is 189 cm³/mol. The van der Waals surface area contributed by atoms with Crippen molar-refractivity contribution in [3.63, 3.8) is 0 Å². The molecule has 44 heavy (non-hydrogen) atoms. The lowest BCUT2D eigenvalue weighted by Crippen LogP contribution is -2.21. The van der Waals surface area contributed by atoms with Gasteiger partial charge < -0.3 is 5.32 Å². The molecule has 3 heteroatoms. The van der Waals surface area contributed by atoms with Crippen molar-refractivity contribution in [2.75, 3.05) is 0 Å². The van der Waals surface area contributed by atoms with Crippen LogP contribution in [0.1, 0.15) is 27.8 Å². The van der Waals surface area contributed by atoms with Crippen molar-refractivity contribution in [1.29, 1.82) is 5.41 Å². The Bertz CT molecular complexity index is 1920. The summed E-state index contributed by atoms with van der Waals surface area (Å²) in [7, 11) is -0.718. The summed E-state index contributed by atoms with van der Waals surface area (Å²) in [6.45, 7) is 0. The second-order valence-corrected chi connectivity index (χ2v) is 12.9. The van der Waals surface area contributed by atoms with E-state index >= 15 is 0 Å². The molecule has 0 saturated carbocycles. The fourth-order valence-corrected chi connectivity index (χ4v) is 8.04. The second kappa shape index (κ2) is 12.5. The molecule has 0 amide bonds. The minimum Gasteiger partial charge on any atom is -0.354 e. The molecule has 2 N–H and O–H groups in total. The quantitative estimate of drug-likeness (QED) is 0.144. The molecule has 0 unspecified atom stereocenters. The van der Waals surface area contributed by atoms with Crippen LogP contribution in [-0.4, -0.2) is 5.71 Å². The average Bonchev–Trinajstić information content (AvgIpc) is 3.10. The van der Waals surface area contributed by atoms with Crippen LogP contribution in [-0.2, 0) is 0 Å². The van der Waals surface area contributed by atoms with Crippen molar-refractivity contribution in [1.82, 2.24) is 5.32 Å². The van der Waals surface area contributed by atoms with Crippen LogP contribution in [0.4, 0.5) is 0 Å². The van der Waals surface area contributed by atoms with Gasteiger partial charge in [-0.2, -0.15) is 0 Å². The topological polar surface area (TPSA) is 35.9 Å². The van der Waals surface area contributed by atoms with Crippen molar-refractivity contribution in [2.45, 2.75) is 0 Å². The largest absolute Gasteiger partial charge is 0.354 e. The molecule has 0 spiro atoms. The normalized spacial score (nSPS) is 13.4. The van der Waals surface area contributed by atoms with E-state index in [1.165, 1.54) is 15.9 Å². The molecule has 2 nitrogen and oxygen atoms in total. The molecule has 6 aromatic rings. The van der Waals surface area contributed by atoms with Crippen LogP contribution in [0, 0.1) is 5.41 Å². The molecule has 0 bridgehead atoms. The summed E-state index contributed by atoms with van der Waals surface area (Å²) in [5.74, 6) is 0. The Morgan fingerprint density at radius 1 is 0.477 bits per heavy atom. The van der Waals surface area contributed by atoms with Gasteiger partial charge in [-0.3, -0.25) is 5.41 Å². The van der Waals surface area contributed by atoms with E-state index in [1.54, 1.807) is 0 Å². The first kappa shape index (κ1) is 27.5. The van der Waals surface area contributed by atoms with Gasteiger partial charge in [-0.15, -0.1) is 0 Å². The van der Waals surface area contributed by atoms with Gasteiger partial charge in [0, 0.05) is 22.4 Å². The molecule has 1 heterocycles. The van der Waals surface area contributed by atoms with Gasteiger partial charge in [0.15, 0.2) is 0 Å². The zero-order chi connectivity index (χ0) is 29.7. The average molecular weight is 583 g/mol. The Morgan fingerprint density at radius 2 is 0.977 bits per heavy atom. The molecule has 0 radical (unpaired) electrons. The highest BCUT2D eigenvalue weighted by Gasteiger charge is 2.24. The van der Waals surface area contributed by atoms with Gasteiger partial charge in [0.05, 0.1) is 11.4 Å². The van der Waals surface area contributed by atoms with E-state index in [2.05, 4.69) is 157 Å². The number of rotatable bonds is 7. The Morgan fingerprint density at radius 3 is 1.59 bits per heavy atom. The Labute approximate surface area is 260 Å². The van der Waals surface area contributed by atoms with Crippen LogP contribution in [0.5, 0.6) is 0 Å². The van der Waals surface area contributed by atoms with Gasteiger partial charge in [-0.25, -0.2) is 0 Å². The summed E-state index contributed by atoms with van der Waals surface area (Å²) in [4.78, 5) is 0. The fourth-order valence-electron chi connectivity index (χ4n) is 5.76. The van der Waals surface area contributed by atoms with Crippen LogP contribution < -0.4 is 21.2 Å². The van der Waals surface area contributed by atoms with Gasteiger partial charge >= 0.3 is 0 Å². The van der Waals surface area contributed by atoms with Gasteiger partial charge in [0.25, 0.3) is 0 Å². The predicted octanol–water partition coefficient (Wildman–Crippen LogP) is 8.48. The van der Waals surface area contributed by atoms with Gasteiger partial charge in [0.2, 0.25) is 0 Å². The van der Waals surface area contributed by atoms with Crippen LogP contribution in [0.2, 0.25) is 0 Å². The molecule has 0 aliphatic carbocycles. The van der Waals surface area contributed by atoms with Crippen LogP contribution in [0.3, 0.4) is 0 Å². The number of benzene rings is 6. The Balaban J connectivity index is 1.34. The van der Waals surface area contributed by atoms with Crippen molar-refractivity contribution < 1.29 is 0 Å². The Hall–Kier alpha value is -5.30. The van der Waals surface area contributed by atoms with E-state index < -0.39 is 7.92 Å². The van der Waals surface area contributed by atoms with Gasteiger partial charge in [-0.1, -0.05) is 170 Å². The number of hydrogen-bond donors (Lipinski definition) is 2. The maximum atomic E-state index is 9.67. The van der Waals surface area contributed by atoms with Crippen molar-refractivity contribution in [3.8, 4) is 0 Å². The molecule has 7 rings (SSSR count). The maximum absolute atomic E-state index is 9.67. The van der Waals surface area contributed by atoms with Crippen molar-refractivity contribution in [3.05, 3.63) is 198 Å². The van der Waals surface area contributed by atoms with E-state index in [0.717, 1.165) is 44.8 Å². The summed E-state index contributed by atoms with van der Waals surface area (Å²) in [6, 6.07) is 59.3. The van der Waals surface area contributed by atoms with Crippen LogP contribution in [0.25, 0.3) is 23.0 Å². The van der Waals surface area contributed by atoms with E-state index in [-0.39, 0.29) is 0 Å². The number of nitrogens with one attached hydrogen (secondary N) is 2. The molecule has 0 atom stereocenters. The first-order valence-corrected chi connectivity index (χ1v) is 16.1. The van der Waals surface area contributed by atoms with Gasteiger partial charge in [0.1, 0.15) is 0 Å². The molecule has 1 aliphatic rings. The summed E-state index contributed by atoms with van der Waals surface area (Å²) < 4.78 is 0. The molecule has 0 saturated heterocycles. The molecule has 0 fully saturated rings. The zero-order valence-corrected chi connectivity index (χ0v) is 25.1. The Kier molecular flexibility index (Phi) is 7.83. The SMILES string of the molecule is N=C(/C(=C1\NC(c2ccccc2)=Cc2ccccc21)c1ccccc1)c1ccc(P(c2ccccc2)c2ccccc2)cc1. The third-order valence-corrected chi connectivity index (χ3v) is 10.3. The molecule has 6 aromatic carbocycles. The minimum absolute atomic E-state index is 0.484. The lowest BCUT2D eigenvalue weighted by molar-refractivity contribution is 1.22. The van der Waals surface area contributed by atoms with Crippen LogP contribution >= 0.6 is 7.92 Å². The third-order valence-electron chi connectivity index (χ3n) is 7.88. The molecule has 0 aromatic heterocycles. The lowest BCUT2D eigenvalue weighted by atomic mass is 9.88. The summed E-state index contributed by atoms with van der Waals surface area (Å²) >= 11 is 0. The van der Waals surface area contributed by atoms with E-state index in [1.807, 2.05) is 24.3 Å². The molecule has 1 aliphatic heterocycles. The summed E-state index contributed by atoms with van der Waals surface area (Å²) in [5.41, 5.74) is 8.54. The molecular weight excluding hydrogens is 551 g/mol. The smallest absolute Gasteiger partial charge is 0.0711 e. The fraction of sp³-hybridized carbons (Fsp3) is 0. The van der Waals surface area contributed by atoms with E-state index in [9.17, 15) is 5.41 Å².